The van der Waals surface area contributed by atoms with Gasteiger partial charge in [0.1, 0.15) is 5.75 Å². The van der Waals surface area contributed by atoms with Crippen molar-refractivity contribution in [2.75, 3.05) is 6.61 Å². The summed E-state index contributed by atoms with van der Waals surface area (Å²) in [7, 11) is 0. The third-order valence-corrected chi connectivity index (χ3v) is 2.66. The smallest absolute Gasteiger partial charge is 0.306 e. The minimum Gasteiger partial charge on any atom is -0.493 e. The van der Waals surface area contributed by atoms with Crippen LogP contribution in [0.15, 0.2) is 24.3 Å². The molecule has 0 aliphatic heterocycles. The Morgan fingerprint density at radius 3 is 2.80 bits per heavy atom. The Bertz CT molecular complexity index is 458. The van der Waals surface area contributed by atoms with Crippen molar-refractivity contribution in [2.24, 2.45) is 0 Å². The van der Waals surface area contributed by atoms with Crippen LogP contribution < -0.4 is 4.74 Å². The first kappa shape index (κ1) is 16.1. The number of hydrogen-bond donors (Lipinski definition) is 0. The predicted molar refractivity (Wildman–Crippen MR) is 79.6 cm³/mol. The highest BCUT2D eigenvalue weighted by Crippen LogP contribution is 2.20. The lowest BCUT2D eigenvalue weighted by Gasteiger charge is -2.11. The van der Waals surface area contributed by atoms with Crippen LogP contribution in [-0.2, 0) is 16.0 Å². The van der Waals surface area contributed by atoms with Crippen molar-refractivity contribution in [3.63, 3.8) is 0 Å². The Morgan fingerprint density at radius 1 is 1.35 bits per heavy atom. The van der Waals surface area contributed by atoms with Gasteiger partial charge in [-0.05, 0) is 38.3 Å². The van der Waals surface area contributed by atoms with E-state index >= 15 is 0 Å². The van der Waals surface area contributed by atoms with Crippen LogP contribution in [-0.4, -0.2) is 18.7 Å². The molecule has 3 nitrogen and oxygen atoms in total. The minimum atomic E-state index is -0.179. The fourth-order valence-electron chi connectivity index (χ4n) is 1.77. The molecule has 0 heterocycles. The van der Waals surface area contributed by atoms with E-state index in [2.05, 4.69) is 5.92 Å². The largest absolute Gasteiger partial charge is 0.493 e. The Hall–Kier alpha value is -1.95. The molecular weight excluding hydrogens is 252 g/mol. The second-order valence-electron chi connectivity index (χ2n) is 4.80. The van der Waals surface area contributed by atoms with Crippen LogP contribution in [0.3, 0.4) is 0 Å². The van der Waals surface area contributed by atoms with Crippen LogP contribution >= 0.6 is 0 Å². The molecule has 0 radical (unpaired) electrons. The molecule has 0 unspecified atom stereocenters. The van der Waals surface area contributed by atoms with Gasteiger partial charge < -0.3 is 9.47 Å². The number of unbranched alkanes of at least 4 members (excludes halogenated alkanes) is 1. The molecule has 0 aliphatic rings. The number of carbonyl (C=O) groups is 1. The van der Waals surface area contributed by atoms with E-state index in [1.54, 1.807) is 0 Å². The molecule has 0 saturated heterocycles. The van der Waals surface area contributed by atoms with Crippen molar-refractivity contribution < 1.29 is 14.3 Å². The summed E-state index contributed by atoms with van der Waals surface area (Å²) >= 11 is 0. The maximum atomic E-state index is 11.6. The summed E-state index contributed by atoms with van der Waals surface area (Å²) in [5.41, 5.74) is 1.02. The molecule has 0 saturated carbocycles. The molecule has 0 atom stereocenters. The Morgan fingerprint density at radius 2 is 2.10 bits per heavy atom. The maximum absolute atomic E-state index is 11.6. The van der Waals surface area contributed by atoms with Crippen molar-refractivity contribution in [1.82, 2.24) is 0 Å². The fraction of sp³-hybridized carbons (Fsp3) is 0.471. The van der Waals surface area contributed by atoms with Crippen LogP contribution in [0.2, 0.25) is 0 Å². The molecule has 0 spiro atoms. The van der Waals surface area contributed by atoms with E-state index in [4.69, 9.17) is 15.9 Å². The van der Waals surface area contributed by atoms with E-state index in [-0.39, 0.29) is 12.1 Å². The monoisotopic (exact) mass is 274 g/mol. The molecule has 3 heteroatoms. The SMILES string of the molecule is C#CCCCOc1ccccc1CCC(=O)OC(C)C. The van der Waals surface area contributed by atoms with Gasteiger partial charge in [-0.3, -0.25) is 4.79 Å². The number of aryl methyl sites for hydroxylation is 1. The minimum absolute atomic E-state index is 0.0715. The maximum Gasteiger partial charge on any atom is 0.306 e. The van der Waals surface area contributed by atoms with E-state index < -0.39 is 0 Å². The van der Waals surface area contributed by atoms with Crippen molar-refractivity contribution in [3.05, 3.63) is 29.8 Å². The lowest BCUT2D eigenvalue weighted by Crippen LogP contribution is -2.12. The van der Waals surface area contributed by atoms with Gasteiger partial charge in [-0.25, -0.2) is 0 Å². The first-order chi connectivity index (χ1) is 9.63. The lowest BCUT2D eigenvalue weighted by atomic mass is 10.1. The summed E-state index contributed by atoms with van der Waals surface area (Å²) in [6.45, 7) is 4.29. The number of carbonyl (C=O) groups excluding carboxylic acids is 1. The van der Waals surface area contributed by atoms with Crippen molar-refractivity contribution in [3.8, 4) is 18.1 Å². The van der Waals surface area contributed by atoms with Gasteiger partial charge in [-0.15, -0.1) is 12.3 Å². The summed E-state index contributed by atoms with van der Waals surface area (Å²) in [6, 6.07) is 7.75. The first-order valence-corrected chi connectivity index (χ1v) is 6.97. The summed E-state index contributed by atoms with van der Waals surface area (Å²) in [4.78, 5) is 11.6. The summed E-state index contributed by atoms with van der Waals surface area (Å²) in [6.07, 6.45) is 7.66. The number of terminal acetylenes is 1. The number of para-hydroxylation sites is 1. The third kappa shape index (κ3) is 6.29. The van der Waals surface area contributed by atoms with Crippen LogP contribution in [0.1, 0.15) is 38.7 Å². The number of esters is 1. The molecule has 0 bridgehead atoms. The highest BCUT2D eigenvalue weighted by Gasteiger charge is 2.09. The van der Waals surface area contributed by atoms with E-state index in [0.29, 0.717) is 25.9 Å². The van der Waals surface area contributed by atoms with Crippen molar-refractivity contribution in [2.45, 2.75) is 45.6 Å². The molecule has 1 aromatic carbocycles. The zero-order valence-corrected chi connectivity index (χ0v) is 12.2. The summed E-state index contributed by atoms with van der Waals surface area (Å²) in [5.74, 6) is 3.23. The topological polar surface area (TPSA) is 35.5 Å². The van der Waals surface area contributed by atoms with E-state index in [1.807, 2.05) is 38.1 Å². The van der Waals surface area contributed by atoms with Gasteiger partial charge in [0.05, 0.1) is 12.7 Å². The highest BCUT2D eigenvalue weighted by molar-refractivity contribution is 5.70. The van der Waals surface area contributed by atoms with Crippen LogP contribution in [0.4, 0.5) is 0 Å². The van der Waals surface area contributed by atoms with Gasteiger partial charge in [-0.1, -0.05) is 18.2 Å². The van der Waals surface area contributed by atoms with Crippen LogP contribution in [0, 0.1) is 12.3 Å². The lowest BCUT2D eigenvalue weighted by molar-refractivity contribution is -0.147. The van der Waals surface area contributed by atoms with Gasteiger partial charge in [-0.2, -0.15) is 0 Å². The molecule has 108 valence electrons. The zero-order valence-electron chi connectivity index (χ0n) is 12.2. The van der Waals surface area contributed by atoms with Crippen molar-refractivity contribution >= 4 is 5.97 Å². The molecule has 1 aromatic rings. The molecular formula is C17H22O3. The average Bonchev–Trinajstić information content (AvgIpc) is 2.41. The molecule has 20 heavy (non-hydrogen) atoms. The summed E-state index contributed by atoms with van der Waals surface area (Å²) < 4.78 is 10.8. The fourth-order valence-corrected chi connectivity index (χ4v) is 1.77. The number of hydrogen-bond acceptors (Lipinski definition) is 3. The Kier molecular flexibility index (Phi) is 7.27. The molecule has 0 amide bonds. The van der Waals surface area contributed by atoms with Gasteiger partial charge in [0.15, 0.2) is 0 Å². The van der Waals surface area contributed by atoms with E-state index in [0.717, 1.165) is 17.7 Å². The predicted octanol–water partition coefficient (Wildman–Crippen LogP) is 3.36. The Labute approximate surface area is 121 Å². The van der Waals surface area contributed by atoms with Crippen molar-refractivity contribution in [1.29, 1.82) is 0 Å². The standard InChI is InChI=1S/C17H22O3/c1-4-5-8-13-19-16-10-7-6-9-15(16)11-12-17(18)20-14(2)3/h1,6-7,9-10,14H,5,8,11-13H2,2-3H3. The second kappa shape index (κ2) is 9.03. The normalized spacial score (nSPS) is 10.1. The molecule has 0 aromatic heterocycles. The number of rotatable bonds is 8. The first-order valence-electron chi connectivity index (χ1n) is 6.97. The molecule has 1 rings (SSSR count). The summed E-state index contributed by atoms with van der Waals surface area (Å²) in [5, 5.41) is 0. The van der Waals surface area contributed by atoms with E-state index in [9.17, 15) is 4.79 Å². The molecule has 0 N–H and O–H groups in total. The number of benzene rings is 1. The van der Waals surface area contributed by atoms with Crippen LogP contribution in [0.25, 0.3) is 0 Å². The number of ether oxygens (including phenoxy) is 2. The van der Waals surface area contributed by atoms with Gasteiger partial charge in [0.25, 0.3) is 0 Å². The molecule has 0 aliphatic carbocycles. The zero-order chi connectivity index (χ0) is 14.8. The van der Waals surface area contributed by atoms with Gasteiger partial charge in [0.2, 0.25) is 0 Å². The third-order valence-electron chi connectivity index (χ3n) is 2.66. The van der Waals surface area contributed by atoms with E-state index in [1.165, 1.54) is 0 Å². The van der Waals surface area contributed by atoms with Gasteiger partial charge in [0, 0.05) is 12.8 Å². The molecule has 0 fully saturated rings. The van der Waals surface area contributed by atoms with Crippen LogP contribution in [0.5, 0.6) is 5.75 Å². The Balaban J connectivity index is 2.48. The highest BCUT2D eigenvalue weighted by atomic mass is 16.5. The average molecular weight is 274 g/mol. The quantitative estimate of drug-likeness (QED) is 0.414. The van der Waals surface area contributed by atoms with Gasteiger partial charge >= 0.3 is 5.97 Å². The second-order valence-corrected chi connectivity index (χ2v) is 4.80.